The van der Waals surface area contributed by atoms with Gasteiger partial charge in [-0.25, -0.2) is 4.98 Å². The van der Waals surface area contributed by atoms with E-state index in [4.69, 9.17) is 17.3 Å². The van der Waals surface area contributed by atoms with Crippen LogP contribution < -0.4 is 11.1 Å². The lowest BCUT2D eigenvalue weighted by atomic mass is 10.2. The lowest BCUT2D eigenvalue weighted by molar-refractivity contribution is 0.820. The molecule has 5 nitrogen and oxygen atoms in total. The lowest BCUT2D eigenvalue weighted by Crippen LogP contribution is -2.09. The van der Waals surface area contributed by atoms with Crippen molar-refractivity contribution < 1.29 is 0 Å². The fourth-order valence-corrected chi connectivity index (χ4v) is 2.77. The van der Waals surface area contributed by atoms with Crippen molar-refractivity contribution in [1.29, 1.82) is 0 Å². The maximum atomic E-state index is 6.28. The van der Waals surface area contributed by atoms with Gasteiger partial charge >= 0.3 is 0 Å². The minimum Gasteiger partial charge on any atom is -0.368 e. The molecule has 0 aliphatic heterocycles. The highest BCUT2D eigenvalue weighted by atomic mass is 35.5. The number of hydrogen-bond donors (Lipinski definition) is 2. The minimum absolute atomic E-state index is 0.284. The number of anilines is 2. The largest absolute Gasteiger partial charge is 0.368 e. The summed E-state index contributed by atoms with van der Waals surface area (Å²) in [7, 11) is 0. The topological polar surface area (TPSA) is 68.8 Å². The highest BCUT2D eigenvalue weighted by molar-refractivity contribution is 6.31. The highest BCUT2D eigenvalue weighted by Gasteiger charge is 2.12. The van der Waals surface area contributed by atoms with Crippen LogP contribution in [0.1, 0.15) is 25.3 Å². The van der Waals surface area contributed by atoms with Crippen LogP contribution in [0.5, 0.6) is 0 Å². The maximum absolute atomic E-state index is 6.28. The van der Waals surface area contributed by atoms with Gasteiger partial charge in [0.2, 0.25) is 5.95 Å². The number of hydrogen-bond acceptors (Lipinski definition) is 4. The number of benzene rings is 1. The molecule has 0 aliphatic rings. The fraction of sp³-hybridized carbons (Fsp3) is 0.294. The summed E-state index contributed by atoms with van der Waals surface area (Å²) in [5.74, 6) is 1.06. The van der Waals surface area contributed by atoms with Crippen LogP contribution in [0.4, 0.5) is 11.8 Å². The smallest absolute Gasteiger partial charge is 0.222 e. The van der Waals surface area contributed by atoms with Gasteiger partial charge in [-0.1, -0.05) is 43.1 Å². The average Bonchev–Trinajstić information content (AvgIpc) is 2.92. The van der Waals surface area contributed by atoms with E-state index in [2.05, 4.69) is 26.8 Å². The predicted octanol–water partition coefficient (Wildman–Crippen LogP) is 3.93. The first-order chi connectivity index (χ1) is 11.2. The lowest BCUT2D eigenvalue weighted by Gasteiger charge is -2.12. The summed E-state index contributed by atoms with van der Waals surface area (Å²) in [6.07, 6.45) is 4.20. The van der Waals surface area contributed by atoms with E-state index in [0.29, 0.717) is 6.54 Å². The molecule has 3 aromatic rings. The Kier molecular flexibility index (Phi) is 4.67. The van der Waals surface area contributed by atoms with Gasteiger partial charge in [-0.2, -0.15) is 4.98 Å². The van der Waals surface area contributed by atoms with Gasteiger partial charge < -0.3 is 15.6 Å². The molecule has 0 spiro atoms. The van der Waals surface area contributed by atoms with Crippen molar-refractivity contribution in [2.75, 3.05) is 17.6 Å². The quantitative estimate of drug-likeness (QED) is 0.672. The molecule has 3 rings (SSSR count). The predicted molar refractivity (Wildman–Crippen MR) is 95.9 cm³/mol. The molecule has 120 valence electrons. The molecule has 0 atom stereocenters. The van der Waals surface area contributed by atoms with E-state index < -0.39 is 0 Å². The van der Waals surface area contributed by atoms with Crippen molar-refractivity contribution in [2.24, 2.45) is 0 Å². The van der Waals surface area contributed by atoms with E-state index >= 15 is 0 Å². The van der Waals surface area contributed by atoms with Crippen LogP contribution in [0, 0.1) is 0 Å². The van der Waals surface area contributed by atoms with Crippen molar-refractivity contribution in [3.8, 4) is 0 Å². The number of aromatic nitrogens is 3. The molecule has 23 heavy (non-hydrogen) atoms. The Morgan fingerprint density at radius 3 is 2.83 bits per heavy atom. The summed E-state index contributed by atoms with van der Waals surface area (Å²) in [6, 6.07) is 9.80. The monoisotopic (exact) mass is 329 g/mol. The first-order valence-corrected chi connectivity index (χ1v) is 8.16. The number of rotatable bonds is 6. The molecule has 0 amide bonds. The van der Waals surface area contributed by atoms with Crippen molar-refractivity contribution in [3.05, 3.63) is 47.1 Å². The van der Waals surface area contributed by atoms with E-state index in [0.717, 1.165) is 46.8 Å². The summed E-state index contributed by atoms with van der Waals surface area (Å²) in [5.41, 5.74) is 8.67. The van der Waals surface area contributed by atoms with E-state index in [-0.39, 0.29) is 5.95 Å². The van der Waals surface area contributed by atoms with Gasteiger partial charge in [0, 0.05) is 24.3 Å². The molecule has 0 fully saturated rings. The van der Waals surface area contributed by atoms with E-state index in [1.165, 1.54) is 0 Å². The third-order valence-corrected chi connectivity index (χ3v) is 4.12. The summed E-state index contributed by atoms with van der Waals surface area (Å²) in [5, 5.41) is 4.13. The third-order valence-electron chi connectivity index (χ3n) is 3.75. The van der Waals surface area contributed by atoms with E-state index in [1.54, 1.807) is 0 Å². The van der Waals surface area contributed by atoms with Crippen molar-refractivity contribution in [2.45, 2.75) is 26.3 Å². The Morgan fingerprint density at radius 2 is 2.04 bits per heavy atom. The number of nitrogens with two attached hydrogens (primary N) is 1. The molecular weight excluding hydrogens is 310 g/mol. The number of nitrogens with zero attached hydrogens (tertiary/aromatic N) is 3. The van der Waals surface area contributed by atoms with Crippen LogP contribution in [-0.4, -0.2) is 21.1 Å². The van der Waals surface area contributed by atoms with Crippen LogP contribution in [0.25, 0.3) is 11.0 Å². The van der Waals surface area contributed by atoms with Crippen LogP contribution >= 0.6 is 11.6 Å². The van der Waals surface area contributed by atoms with Gasteiger partial charge in [-0.05, 0) is 24.1 Å². The standard InChI is InChI=1S/C17H20ClN5/c1-2-3-9-20-16-15-14(21-17(19)22-16)8-10-23(15)11-12-6-4-5-7-13(12)18/h4-8,10H,2-3,9,11H2,1H3,(H3,19,20,21,22). The minimum atomic E-state index is 0.284. The van der Waals surface area contributed by atoms with Crippen LogP contribution in [0.2, 0.25) is 5.02 Å². The number of nitrogens with one attached hydrogen (secondary N) is 1. The summed E-state index contributed by atoms with van der Waals surface area (Å²) in [6.45, 7) is 3.68. The zero-order chi connectivity index (χ0) is 16.2. The van der Waals surface area contributed by atoms with Crippen molar-refractivity contribution >= 4 is 34.4 Å². The van der Waals surface area contributed by atoms with Gasteiger partial charge in [-0.3, -0.25) is 0 Å². The third kappa shape index (κ3) is 3.40. The van der Waals surface area contributed by atoms with Gasteiger partial charge in [0.05, 0.1) is 5.52 Å². The molecule has 0 radical (unpaired) electrons. The number of unbranched alkanes of at least 4 members (excludes halogenated alkanes) is 1. The molecule has 0 saturated heterocycles. The van der Waals surface area contributed by atoms with Crippen molar-refractivity contribution in [1.82, 2.24) is 14.5 Å². The summed E-state index contributed by atoms with van der Waals surface area (Å²) < 4.78 is 2.10. The van der Waals surface area contributed by atoms with Gasteiger partial charge in [0.15, 0.2) is 5.82 Å². The Bertz CT molecular complexity index is 812. The average molecular weight is 330 g/mol. The molecule has 1 aromatic carbocycles. The summed E-state index contributed by atoms with van der Waals surface area (Å²) >= 11 is 6.28. The Morgan fingerprint density at radius 1 is 1.22 bits per heavy atom. The second kappa shape index (κ2) is 6.87. The van der Waals surface area contributed by atoms with Gasteiger partial charge in [-0.15, -0.1) is 0 Å². The van der Waals surface area contributed by atoms with E-state index in [9.17, 15) is 0 Å². The molecular formula is C17H20ClN5. The first-order valence-electron chi connectivity index (χ1n) is 7.78. The normalized spacial score (nSPS) is 11.0. The maximum Gasteiger partial charge on any atom is 0.222 e. The zero-order valence-corrected chi connectivity index (χ0v) is 13.8. The van der Waals surface area contributed by atoms with E-state index in [1.807, 2.05) is 36.5 Å². The highest BCUT2D eigenvalue weighted by Crippen LogP contribution is 2.25. The molecule has 0 unspecified atom stereocenters. The van der Waals surface area contributed by atoms with Crippen molar-refractivity contribution in [3.63, 3.8) is 0 Å². The molecule has 2 aromatic heterocycles. The number of nitrogen functional groups attached to an aromatic ring is 1. The molecule has 6 heteroatoms. The molecule has 2 heterocycles. The first kappa shape index (κ1) is 15.6. The second-order valence-corrected chi connectivity index (χ2v) is 5.89. The van der Waals surface area contributed by atoms with Gasteiger partial charge in [0.25, 0.3) is 0 Å². The fourth-order valence-electron chi connectivity index (χ4n) is 2.57. The Labute approximate surface area is 140 Å². The summed E-state index contributed by atoms with van der Waals surface area (Å²) in [4.78, 5) is 8.69. The van der Waals surface area contributed by atoms with Crippen LogP contribution in [-0.2, 0) is 6.54 Å². The SMILES string of the molecule is CCCCNc1nc(N)nc2ccn(Cc3ccccc3Cl)c12. The Balaban J connectivity index is 1.99. The number of fused-ring (bicyclic) bond motifs is 1. The Hall–Kier alpha value is -2.27. The number of halogens is 1. The molecule has 0 aliphatic carbocycles. The van der Waals surface area contributed by atoms with Crippen LogP contribution in [0.3, 0.4) is 0 Å². The van der Waals surface area contributed by atoms with Crippen LogP contribution in [0.15, 0.2) is 36.5 Å². The molecule has 0 bridgehead atoms. The second-order valence-electron chi connectivity index (χ2n) is 5.48. The zero-order valence-electron chi connectivity index (χ0n) is 13.1. The molecule has 3 N–H and O–H groups in total. The molecule has 0 saturated carbocycles. The van der Waals surface area contributed by atoms with Gasteiger partial charge in [0.1, 0.15) is 5.52 Å².